The fourth-order valence-electron chi connectivity index (χ4n) is 6.65. The zero-order valence-electron chi connectivity index (χ0n) is 22.3. The highest BCUT2D eigenvalue weighted by molar-refractivity contribution is 6.14. The molecule has 0 atom stereocenters. The van der Waals surface area contributed by atoms with Gasteiger partial charge in [-0.3, -0.25) is 4.79 Å². The highest BCUT2D eigenvalue weighted by Crippen LogP contribution is 2.84. The Morgan fingerprint density at radius 2 is 1.40 bits per heavy atom. The number of alkyl halides is 5. The maximum absolute atomic E-state index is 16.5. The number of halogens is 5. The summed E-state index contributed by atoms with van der Waals surface area (Å²) in [5, 5.41) is 0. The summed E-state index contributed by atoms with van der Waals surface area (Å²) in [6.45, 7) is 5.34. The summed E-state index contributed by atoms with van der Waals surface area (Å²) in [6, 6.07) is 19.4. The number of hydrogen-bond acceptors (Lipinski definition) is 3. The van der Waals surface area contributed by atoms with E-state index in [0.29, 0.717) is 22.5 Å². The number of benzene rings is 2. The van der Waals surface area contributed by atoms with Gasteiger partial charge >= 0.3 is 6.18 Å². The van der Waals surface area contributed by atoms with Crippen LogP contribution in [0.25, 0.3) is 0 Å². The van der Waals surface area contributed by atoms with Gasteiger partial charge in [-0.1, -0.05) is 74.5 Å². The van der Waals surface area contributed by atoms with Gasteiger partial charge in [-0.15, -0.1) is 0 Å². The molecule has 0 saturated heterocycles. The van der Waals surface area contributed by atoms with Gasteiger partial charge in [-0.2, -0.15) is 13.2 Å². The molecule has 3 aliphatic carbocycles. The smallest absolute Gasteiger partial charge is 0.310 e. The molecule has 2 aromatic carbocycles. The van der Waals surface area contributed by atoms with Crippen molar-refractivity contribution in [1.82, 2.24) is 4.98 Å². The average Bonchev–Trinajstić information content (AvgIpc) is 3.10. The van der Waals surface area contributed by atoms with Crippen LogP contribution in [-0.2, 0) is 16.1 Å². The Labute approximate surface area is 229 Å². The van der Waals surface area contributed by atoms with Crippen molar-refractivity contribution in [2.45, 2.75) is 57.5 Å². The third-order valence-corrected chi connectivity index (χ3v) is 8.80. The van der Waals surface area contributed by atoms with E-state index in [1.165, 1.54) is 17.9 Å². The normalized spacial score (nSPS) is 24.6. The van der Waals surface area contributed by atoms with Crippen LogP contribution in [0.4, 0.5) is 33.5 Å². The molecule has 1 aliphatic heterocycles. The minimum atomic E-state index is -4.52. The molecule has 4 nitrogen and oxygen atoms in total. The molecule has 1 aromatic heterocycles. The molecular formula is C31H28F5N3O. The molecule has 7 rings (SSSR count). The number of nitrogens with zero attached hydrogens (tertiary/aromatic N) is 3. The first-order valence-corrected chi connectivity index (χ1v) is 13.2. The van der Waals surface area contributed by atoms with Crippen LogP contribution in [0.5, 0.6) is 0 Å². The van der Waals surface area contributed by atoms with Crippen molar-refractivity contribution in [2.24, 2.45) is 15.8 Å². The monoisotopic (exact) mass is 553 g/mol. The second-order valence-corrected chi connectivity index (χ2v) is 12.1. The summed E-state index contributed by atoms with van der Waals surface area (Å²) in [7, 11) is 0. The fourth-order valence-corrected chi connectivity index (χ4v) is 6.65. The second kappa shape index (κ2) is 8.44. The molecule has 0 N–H and O–H groups in total. The van der Waals surface area contributed by atoms with Crippen LogP contribution in [0, 0.1) is 10.8 Å². The minimum Gasteiger partial charge on any atom is -0.310 e. The molecule has 3 aromatic rings. The quantitative estimate of drug-likeness (QED) is 0.240. The molecule has 0 unspecified atom stereocenters. The Morgan fingerprint density at radius 1 is 0.875 bits per heavy atom. The average molecular weight is 554 g/mol. The van der Waals surface area contributed by atoms with E-state index in [4.69, 9.17) is 4.99 Å². The van der Waals surface area contributed by atoms with Crippen molar-refractivity contribution in [1.29, 1.82) is 0 Å². The van der Waals surface area contributed by atoms with E-state index in [1.54, 1.807) is 0 Å². The predicted molar refractivity (Wildman–Crippen MR) is 142 cm³/mol. The van der Waals surface area contributed by atoms with Gasteiger partial charge in [0.05, 0.1) is 28.1 Å². The molecule has 40 heavy (non-hydrogen) atoms. The molecule has 0 radical (unpaired) electrons. The van der Waals surface area contributed by atoms with Crippen LogP contribution in [-0.4, -0.2) is 29.3 Å². The minimum absolute atomic E-state index is 0.240. The van der Waals surface area contributed by atoms with Crippen molar-refractivity contribution in [2.75, 3.05) is 11.4 Å². The van der Waals surface area contributed by atoms with Gasteiger partial charge in [0.1, 0.15) is 0 Å². The lowest BCUT2D eigenvalue weighted by Gasteiger charge is -2.72. The molecule has 1 amide bonds. The molecule has 2 heterocycles. The standard InChI is InChI=1S/C31H28F5N3O/c1-19(40)39-18-27(2,3)25-23(39)14-22(30(32,33)28-15-29(16-28,17-28)31(34,35)36)26(38-25)37-24(20-10-6-4-7-11-20)21-12-8-5-9-13-21/h4-14H,15-18H2,1-3H3. The zero-order chi connectivity index (χ0) is 28.7. The molecule has 9 heteroatoms. The van der Waals surface area contributed by atoms with E-state index < -0.39 is 53.2 Å². The van der Waals surface area contributed by atoms with Crippen molar-refractivity contribution >= 4 is 23.1 Å². The Kier molecular flexibility index (Phi) is 5.61. The zero-order valence-corrected chi connectivity index (χ0v) is 22.3. The highest BCUT2D eigenvalue weighted by atomic mass is 19.4. The summed E-state index contributed by atoms with van der Waals surface area (Å²) < 4.78 is 73.8. The molecule has 4 aliphatic rings. The van der Waals surface area contributed by atoms with Crippen molar-refractivity contribution in [3.63, 3.8) is 0 Å². The number of carbonyl (C=O) groups is 1. The molecular weight excluding hydrogens is 525 g/mol. The maximum Gasteiger partial charge on any atom is 0.394 e. The van der Waals surface area contributed by atoms with E-state index in [1.807, 2.05) is 74.5 Å². The van der Waals surface area contributed by atoms with Gasteiger partial charge in [0.2, 0.25) is 5.91 Å². The van der Waals surface area contributed by atoms with Gasteiger partial charge in [0.15, 0.2) is 5.82 Å². The van der Waals surface area contributed by atoms with Crippen molar-refractivity contribution in [3.05, 3.63) is 89.1 Å². The molecule has 208 valence electrons. The van der Waals surface area contributed by atoms with Gasteiger partial charge < -0.3 is 4.90 Å². The van der Waals surface area contributed by atoms with E-state index in [0.717, 1.165) is 0 Å². The summed E-state index contributed by atoms with van der Waals surface area (Å²) in [5.74, 6) is -4.21. The first-order valence-electron chi connectivity index (χ1n) is 13.2. The van der Waals surface area contributed by atoms with Crippen LogP contribution in [0.15, 0.2) is 71.7 Å². The van der Waals surface area contributed by atoms with E-state index in [2.05, 4.69) is 4.98 Å². The SMILES string of the molecule is CC(=O)N1CC(C)(C)c2nc(N=C(c3ccccc3)c3ccccc3)c(C(F)(F)C34CC(C(F)(F)F)(C3)C4)cc21. The summed E-state index contributed by atoms with van der Waals surface area (Å²) in [5.41, 5.74) is -2.59. The fraction of sp³-hybridized carbons (Fsp3) is 0.387. The van der Waals surface area contributed by atoms with Crippen molar-refractivity contribution in [3.8, 4) is 0 Å². The topological polar surface area (TPSA) is 45.6 Å². The lowest BCUT2D eigenvalue weighted by Crippen LogP contribution is -2.73. The lowest BCUT2D eigenvalue weighted by molar-refractivity contribution is -0.411. The first kappa shape index (κ1) is 26.6. The number of rotatable bonds is 5. The van der Waals surface area contributed by atoms with Crippen LogP contribution >= 0.6 is 0 Å². The van der Waals surface area contributed by atoms with Gasteiger partial charge in [0, 0.05) is 35.4 Å². The highest BCUT2D eigenvalue weighted by Gasteiger charge is 2.85. The van der Waals surface area contributed by atoms with E-state index in [9.17, 15) is 18.0 Å². The third-order valence-electron chi connectivity index (χ3n) is 8.80. The molecule has 3 saturated carbocycles. The predicted octanol–water partition coefficient (Wildman–Crippen LogP) is 7.72. The largest absolute Gasteiger partial charge is 0.394 e. The number of aromatic nitrogens is 1. The number of pyridine rings is 1. The maximum atomic E-state index is 16.5. The summed E-state index contributed by atoms with van der Waals surface area (Å²) in [4.78, 5) is 23.3. The Hall–Kier alpha value is -3.62. The summed E-state index contributed by atoms with van der Waals surface area (Å²) >= 11 is 0. The second-order valence-electron chi connectivity index (χ2n) is 12.1. The van der Waals surface area contributed by atoms with Gasteiger partial charge in [-0.25, -0.2) is 18.8 Å². The number of aliphatic imine (C=N–C) groups is 1. The summed E-state index contributed by atoms with van der Waals surface area (Å²) in [6.07, 6.45) is -6.43. The first-order chi connectivity index (χ1) is 18.7. The number of hydrogen-bond donors (Lipinski definition) is 0. The molecule has 2 bridgehead atoms. The Morgan fingerprint density at radius 3 is 1.88 bits per heavy atom. The molecule has 3 fully saturated rings. The van der Waals surface area contributed by atoms with Crippen LogP contribution in [0.1, 0.15) is 62.4 Å². The Bertz CT molecular complexity index is 1470. The van der Waals surface area contributed by atoms with Crippen LogP contribution in [0.2, 0.25) is 0 Å². The number of carbonyl (C=O) groups excluding carboxylic acids is 1. The van der Waals surface area contributed by atoms with E-state index in [-0.39, 0.29) is 24.0 Å². The Balaban J connectivity index is 1.57. The van der Waals surface area contributed by atoms with E-state index >= 15 is 8.78 Å². The number of fused-ring (bicyclic) bond motifs is 1. The van der Waals surface area contributed by atoms with Crippen molar-refractivity contribution < 1.29 is 26.7 Å². The molecule has 0 spiro atoms. The number of anilines is 1. The van der Waals surface area contributed by atoms with Crippen LogP contribution < -0.4 is 4.90 Å². The third kappa shape index (κ3) is 3.73. The number of amides is 1. The van der Waals surface area contributed by atoms with Gasteiger partial charge in [0.25, 0.3) is 5.92 Å². The van der Waals surface area contributed by atoms with Gasteiger partial charge in [-0.05, 0) is 25.3 Å². The lowest BCUT2D eigenvalue weighted by atomic mass is 9.32. The van der Waals surface area contributed by atoms with Crippen LogP contribution in [0.3, 0.4) is 0 Å².